The molecule has 0 atom stereocenters. The third-order valence-corrected chi connectivity index (χ3v) is 7.06. The molecule has 3 aromatic carbocycles. The van der Waals surface area contributed by atoms with Crippen LogP contribution in [0.15, 0.2) is 71.9 Å². The van der Waals surface area contributed by atoms with Crippen molar-refractivity contribution >= 4 is 29.3 Å². The van der Waals surface area contributed by atoms with Crippen molar-refractivity contribution in [3.63, 3.8) is 0 Å². The topological polar surface area (TPSA) is 117 Å². The number of hydrogen-bond donors (Lipinski definition) is 2. The molecule has 238 valence electrons. The second kappa shape index (κ2) is 15.3. The van der Waals surface area contributed by atoms with Gasteiger partial charge in [-0.2, -0.15) is 13.2 Å². The number of benzene rings is 3. The summed E-state index contributed by atoms with van der Waals surface area (Å²) in [5.74, 6) is 0.195. The summed E-state index contributed by atoms with van der Waals surface area (Å²) < 4.78 is 58.9. The van der Waals surface area contributed by atoms with Crippen LogP contribution in [-0.4, -0.2) is 52.2 Å². The number of carbonyl (C=O) groups is 2. The van der Waals surface area contributed by atoms with Gasteiger partial charge in [0.25, 0.3) is 5.91 Å². The Morgan fingerprint density at radius 2 is 1.49 bits per heavy atom. The normalized spacial score (nSPS) is 11.2. The quantitative estimate of drug-likeness (QED) is 0.157. The van der Waals surface area contributed by atoms with Gasteiger partial charge >= 0.3 is 6.18 Å². The minimum Gasteiger partial charge on any atom is -0.490 e. The Labute approximate surface area is 262 Å². The molecule has 0 bridgehead atoms. The summed E-state index contributed by atoms with van der Waals surface area (Å²) in [6.07, 6.45) is -4.62. The second-order valence-corrected chi connectivity index (χ2v) is 10.2. The number of alkyl halides is 3. The Balaban J connectivity index is 1.53. The van der Waals surface area contributed by atoms with E-state index in [1.54, 1.807) is 41.0 Å². The van der Waals surface area contributed by atoms with E-state index in [2.05, 4.69) is 20.8 Å². The highest BCUT2D eigenvalue weighted by atomic mass is 32.2. The predicted molar refractivity (Wildman–Crippen MR) is 163 cm³/mol. The van der Waals surface area contributed by atoms with Crippen molar-refractivity contribution in [3.05, 3.63) is 83.7 Å². The SMILES string of the molecule is CCOc1cc(C(=O)NCc2nnc(SCC(=O)Nc3ccccc3C(F)(F)F)n2-c2ccccc2)cc(OCC)c1OCC. The lowest BCUT2D eigenvalue weighted by molar-refractivity contribution is -0.137. The molecule has 1 heterocycles. The number of rotatable bonds is 14. The summed E-state index contributed by atoms with van der Waals surface area (Å²) in [5.41, 5.74) is -0.335. The summed E-state index contributed by atoms with van der Waals surface area (Å²) in [4.78, 5) is 25.9. The number of thioether (sulfide) groups is 1. The number of halogens is 3. The smallest absolute Gasteiger partial charge is 0.418 e. The number of carbonyl (C=O) groups excluding carboxylic acids is 2. The Hall–Kier alpha value is -4.72. The molecular formula is C31H32F3N5O5S. The average molecular weight is 644 g/mol. The molecule has 0 aliphatic heterocycles. The fourth-order valence-electron chi connectivity index (χ4n) is 4.28. The summed E-state index contributed by atoms with van der Waals surface area (Å²) in [5, 5.41) is 13.9. The lowest BCUT2D eigenvalue weighted by Gasteiger charge is -2.17. The van der Waals surface area contributed by atoms with E-state index in [1.807, 2.05) is 26.8 Å². The van der Waals surface area contributed by atoms with Crippen molar-refractivity contribution in [3.8, 4) is 22.9 Å². The highest BCUT2D eigenvalue weighted by Gasteiger charge is 2.33. The number of nitrogens with zero attached hydrogens (tertiary/aromatic N) is 3. The van der Waals surface area contributed by atoms with Gasteiger partial charge in [0.15, 0.2) is 22.5 Å². The molecule has 0 aliphatic rings. The number of nitrogens with one attached hydrogen (secondary N) is 2. The first-order valence-electron chi connectivity index (χ1n) is 14.1. The highest BCUT2D eigenvalue weighted by Crippen LogP contribution is 2.39. The van der Waals surface area contributed by atoms with Crippen molar-refractivity contribution < 1.29 is 37.0 Å². The maximum absolute atomic E-state index is 13.4. The van der Waals surface area contributed by atoms with Crippen molar-refractivity contribution in [1.29, 1.82) is 0 Å². The van der Waals surface area contributed by atoms with Gasteiger partial charge in [0.2, 0.25) is 11.7 Å². The van der Waals surface area contributed by atoms with Crippen molar-refractivity contribution in [2.24, 2.45) is 0 Å². The van der Waals surface area contributed by atoms with Crippen LogP contribution in [-0.2, 0) is 17.5 Å². The van der Waals surface area contributed by atoms with Crippen molar-refractivity contribution in [1.82, 2.24) is 20.1 Å². The van der Waals surface area contributed by atoms with Crippen LogP contribution in [0.2, 0.25) is 0 Å². The van der Waals surface area contributed by atoms with Gasteiger partial charge in [-0.25, -0.2) is 0 Å². The summed E-state index contributed by atoms with van der Waals surface area (Å²) in [6.45, 7) is 6.52. The predicted octanol–water partition coefficient (Wildman–Crippen LogP) is 6.14. The zero-order valence-corrected chi connectivity index (χ0v) is 25.6. The van der Waals surface area contributed by atoms with Gasteiger partial charge in [-0.3, -0.25) is 14.2 Å². The molecule has 0 aliphatic carbocycles. The Morgan fingerprint density at radius 1 is 0.867 bits per heavy atom. The van der Waals surface area contributed by atoms with E-state index in [1.165, 1.54) is 18.2 Å². The molecule has 10 nitrogen and oxygen atoms in total. The molecule has 1 aromatic heterocycles. The van der Waals surface area contributed by atoms with E-state index >= 15 is 0 Å². The second-order valence-electron chi connectivity index (χ2n) is 9.23. The molecular weight excluding hydrogens is 611 g/mol. The lowest BCUT2D eigenvalue weighted by atomic mass is 10.1. The first-order chi connectivity index (χ1) is 21.7. The molecule has 0 saturated heterocycles. The molecule has 0 saturated carbocycles. The van der Waals surface area contributed by atoms with E-state index in [4.69, 9.17) is 14.2 Å². The molecule has 14 heteroatoms. The molecule has 45 heavy (non-hydrogen) atoms. The van der Waals surface area contributed by atoms with Gasteiger partial charge in [-0.05, 0) is 57.2 Å². The van der Waals surface area contributed by atoms with Gasteiger partial charge in [0.1, 0.15) is 0 Å². The van der Waals surface area contributed by atoms with Crippen molar-refractivity contribution in [2.45, 2.75) is 38.6 Å². The van der Waals surface area contributed by atoms with Crippen LogP contribution in [0.1, 0.15) is 42.5 Å². The van der Waals surface area contributed by atoms with Crippen LogP contribution in [0.4, 0.5) is 18.9 Å². The third-order valence-electron chi connectivity index (χ3n) is 6.13. The largest absolute Gasteiger partial charge is 0.490 e. The van der Waals surface area contributed by atoms with Crippen LogP contribution in [0.3, 0.4) is 0 Å². The van der Waals surface area contributed by atoms with E-state index in [9.17, 15) is 22.8 Å². The lowest BCUT2D eigenvalue weighted by Crippen LogP contribution is -2.25. The van der Waals surface area contributed by atoms with Gasteiger partial charge in [0.05, 0.1) is 43.4 Å². The van der Waals surface area contributed by atoms with Crippen LogP contribution in [0.25, 0.3) is 5.69 Å². The molecule has 0 fully saturated rings. The Kier molecular flexibility index (Phi) is 11.3. The van der Waals surface area contributed by atoms with Gasteiger partial charge in [0, 0.05) is 11.3 Å². The van der Waals surface area contributed by atoms with Crippen LogP contribution in [0, 0.1) is 0 Å². The number of para-hydroxylation sites is 2. The summed E-state index contributed by atoms with van der Waals surface area (Å²) in [6, 6.07) is 16.9. The average Bonchev–Trinajstić information content (AvgIpc) is 3.43. The third kappa shape index (κ3) is 8.47. The Bertz CT molecular complexity index is 1590. The first kappa shape index (κ1) is 33.2. The highest BCUT2D eigenvalue weighted by molar-refractivity contribution is 7.99. The number of amides is 2. The van der Waals surface area contributed by atoms with Gasteiger partial charge in [-0.15, -0.1) is 10.2 Å². The number of ether oxygens (including phenoxy) is 3. The molecule has 2 N–H and O–H groups in total. The number of aromatic nitrogens is 3. The first-order valence-corrected chi connectivity index (χ1v) is 15.1. The van der Waals surface area contributed by atoms with Crippen LogP contribution < -0.4 is 24.8 Å². The van der Waals surface area contributed by atoms with Gasteiger partial charge < -0.3 is 24.8 Å². The zero-order chi connectivity index (χ0) is 32.4. The molecule has 0 radical (unpaired) electrons. The molecule has 0 spiro atoms. The number of anilines is 1. The molecule has 2 amide bonds. The molecule has 4 aromatic rings. The maximum atomic E-state index is 13.4. The summed E-state index contributed by atoms with van der Waals surface area (Å²) in [7, 11) is 0. The fraction of sp³-hybridized carbons (Fsp3) is 0.290. The molecule has 0 unspecified atom stereocenters. The minimum atomic E-state index is -4.62. The monoisotopic (exact) mass is 643 g/mol. The van der Waals surface area contributed by atoms with E-state index < -0.39 is 23.6 Å². The van der Waals surface area contributed by atoms with Crippen LogP contribution >= 0.6 is 11.8 Å². The van der Waals surface area contributed by atoms with E-state index in [-0.39, 0.29) is 23.5 Å². The standard InChI is InChI=1S/C31H32F3N5O5S/c1-4-42-24-16-20(17-25(43-5-2)28(24)44-6-3)29(41)35-18-26-37-38-30(39(26)21-12-8-7-9-13-21)45-19-27(40)36-23-15-11-10-14-22(23)31(32,33)34/h7-17H,4-6,18-19H2,1-3H3,(H,35,41)(H,36,40). The van der Waals surface area contributed by atoms with Gasteiger partial charge in [-0.1, -0.05) is 42.1 Å². The minimum absolute atomic E-state index is 0.0341. The molecule has 4 rings (SSSR count). The maximum Gasteiger partial charge on any atom is 0.418 e. The van der Waals surface area contributed by atoms with E-state index in [0.29, 0.717) is 53.7 Å². The van der Waals surface area contributed by atoms with E-state index in [0.717, 1.165) is 17.8 Å². The zero-order valence-electron chi connectivity index (χ0n) is 24.8. The Morgan fingerprint density at radius 3 is 2.11 bits per heavy atom. The summed E-state index contributed by atoms with van der Waals surface area (Å²) >= 11 is 0.991. The number of hydrogen-bond acceptors (Lipinski definition) is 8. The van der Waals surface area contributed by atoms with Crippen LogP contribution in [0.5, 0.6) is 17.2 Å². The van der Waals surface area contributed by atoms with Crippen molar-refractivity contribution in [2.75, 3.05) is 30.9 Å². The fourth-order valence-corrected chi connectivity index (χ4v) is 5.05.